The van der Waals surface area contributed by atoms with Gasteiger partial charge in [0.05, 0.1) is 12.5 Å². The molecule has 1 unspecified atom stereocenters. The van der Waals surface area contributed by atoms with E-state index in [9.17, 15) is 4.79 Å². The van der Waals surface area contributed by atoms with Crippen LogP contribution in [0.25, 0.3) is 0 Å². The van der Waals surface area contributed by atoms with Crippen LogP contribution in [0.15, 0.2) is 24.3 Å². The summed E-state index contributed by atoms with van der Waals surface area (Å²) in [4.78, 5) is 12.8. The molecule has 21 heavy (non-hydrogen) atoms. The van der Waals surface area contributed by atoms with Crippen LogP contribution in [0.4, 0.5) is 0 Å². The fourth-order valence-corrected chi connectivity index (χ4v) is 3.17. The average molecular weight is 291 g/mol. The van der Waals surface area contributed by atoms with Crippen molar-refractivity contribution < 1.29 is 14.6 Å². The number of methoxy groups -OCH3 is 1. The molecule has 1 aromatic carbocycles. The molecule has 0 spiro atoms. The predicted molar refractivity (Wildman–Crippen MR) is 82.4 cm³/mol. The second kappa shape index (κ2) is 6.94. The number of rotatable bonds is 6. The van der Waals surface area contributed by atoms with Gasteiger partial charge in [-0.25, -0.2) is 0 Å². The SMILES string of the molecule is COc1cccc(C2(C(=O)NC(C)CCO)CCCC2)c1. The number of ether oxygens (including phenoxy) is 1. The van der Waals surface area contributed by atoms with Crippen molar-refractivity contribution in [1.29, 1.82) is 0 Å². The summed E-state index contributed by atoms with van der Waals surface area (Å²) in [5.41, 5.74) is 0.589. The number of carbonyl (C=O) groups is 1. The minimum Gasteiger partial charge on any atom is -0.497 e. The van der Waals surface area contributed by atoms with Gasteiger partial charge in [0, 0.05) is 12.6 Å². The highest BCUT2D eigenvalue weighted by Crippen LogP contribution is 2.42. The number of hydrogen-bond acceptors (Lipinski definition) is 3. The molecule has 0 aromatic heterocycles. The number of nitrogens with one attached hydrogen (secondary N) is 1. The Labute approximate surface area is 126 Å². The lowest BCUT2D eigenvalue weighted by atomic mass is 9.77. The molecule has 0 saturated heterocycles. The van der Waals surface area contributed by atoms with Gasteiger partial charge in [-0.05, 0) is 43.9 Å². The van der Waals surface area contributed by atoms with E-state index in [1.54, 1.807) is 7.11 Å². The van der Waals surface area contributed by atoms with Crippen LogP contribution in [0, 0.1) is 0 Å². The lowest BCUT2D eigenvalue weighted by molar-refractivity contribution is -0.127. The molecule has 2 rings (SSSR count). The van der Waals surface area contributed by atoms with Gasteiger partial charge in [0.25, 0.3) is 0 Å². The minimum absolute atomic E-state index is 0.00872. The largest absolute Gasteiger partial charge is 0.497 e. The number of benzene rings is 1. The van der Waals surface area contributed by atoms with Crippen LogP contribution in [-0.4, -0.2) is 30.8 Å². The Bertz CT molecular complexity index is 481. The lowest BCUT2D eigenvalue weighted by Crippen LogP contribution is -2.46. The quantitative estimate of drug-likeness (QED) is 0.846. The zero-order valence-corrected chi connectivity index (χ0v) is 12.9. The van der Waals surface area contributed by atoms with Gasteiger partial charge in [-0.2, -0.15) is 0 Å². The Morgan fingerprint density at radius 2 is 2.14 bits per heavy atom. The van der Waals surface area contributed by atoms with Crippen LogP contribution in [0.5, 0.6) is 5.75 Å². The van der Waals surface area contributed by atoms with Crippen molar-refractivity contribution in [3.8, 4) is 5.75 Å². The summed E-state index contributed by atoms with van der Waals surface area (Å²) in [6, 6.07) is 7.83. The van der Waals surface area contributed by atoms with E-state index in [1.165, 1.54) is 0 Å². The van der Waals surface area contributed by atoms with E-state index in [0.717, 1.165) is 37.0 Å². The van der Waals surface area contributed by atoms with Crippen LogP contribution >= 0.6 is 0 Å². The zero-order valence-electron chi connectivity index (χ0n) is 12.9. The zero-order chi connectivity index (χ0) is 15.3. The minimum atomic E-state index is -0.446. The summed E-state index contributed by atoms with van der Waals surface area (Å²) in [7, 11) is 1.64. The molecule has 1 fully saturated rings. The summed E-state index contributed by atoms with van der Waals surface area (Å²) >= 11 is 0. The maximum atomic E-state index is 12.8. The van der Waals surface area contributed by atoms with Crippen LogP contribution in [0.2, 0.25) is 0 Å². The first-order chi connectivity index (χ1) is 10.1. The van der Waals surface area contributed by atoms with Crippen molar-refractivity contribution >= 4 is 5.91 Å². The van der Waals surface area contributed by atoms with Crippen LogP contribution in [0.3, 0.4) is 0 Å². The third-order valence-electron chi connectivity index (χ3n) is 4.45. The van der Waals surface area contributed by atoms with Gasteiger partial charge >= 0.3 is 0 Å². The van der Waals surface area contributed by atoms with Gasteiger partial charge < -0.3 is 15.2 Å². The highest BCUT2D eigenvalue weighted by atomic mass is 16.5. The monoisotopic (exact) mass is 291 g/mol. The average Bonchev–Trinajstić information content (AvgIpc) is 2.98. The van der Waals surface area contributed by atoms with Crippen molar-refractivity contribution in [3.05, 3.63) is 29.8 Å². The molecule has 0 aliphatic heterocycles. The molecule has 1 amide bonds. The number of carbonyl (C=O) groups excluding carboxylic acids is 1. The fraction of sp³-hybridized carbons (Fsp3) is 0.588. The highest BCUT2D eigenvalue weighted by Gasteiger charge is 2.43. The standard InChI is InChI=1S/C17H25NO3/c1-13(8-11-19)18-16(20)17(9-3-4-10-17)14-6-5-7-15(12-14)21-2/h5-7,12-13,19H,3-4,8-11H2,1-2H3,(H,18,20). The molecule has 1 aromatic rings. The lowest BCUT2D eigenvalue weighted by Gasteiger charge is -2.30. The first-order valence-electron chi connectivity index (χ1n) is 7.69. The van der Waals surface area contributed by atoms with E-state index in [-0.39, 0.29) is 18.6 Å². The number of amides is 1. The predicted octanol–water partition coefficient (Wildman–Crippen LogP) is 2.39. The van der Waals surface area contributed by atoms with Gasteiger partial charge in [-0.3, -0.25) is 4.79 Å². The molecule has 0 bridgehead atoms. The van der Waals surface area contributed by atoms with Crippen molar-refractivity contribution in [2.24, 2.45) is 0 Å². The van der Waals surface area contributed by atoms with Crippen molar-refractivity contribution in [2.75, 3.05) is 13.7 Å². The fourth-order valence-electron chi connectivity index (χ4n) is 3.17. The van der Waals surface area contributed by atoms with E-state index < -0.39 is 5.41 Å². The molecule has 0 heterocycles. The molecule has 2 N–H and O–H groups in total. The van der Waals surface area contributed by atoms with Crippen LogP contribution in [0.1, 0.15) is 44.6 Å². The van der Waals surface area contributed by atoms with Crippen molar-refractivity contribution in [2.45, 2.75) is 50.5 Å². The maximum absolute atomic E-state index is 12.8. The first kappa shape index (κ1) is 15.8. The van der Waals surface area contributed by atoms with Crippen molar-refractivity contribution in [3.63, 3.8) is 0 Å². The van der Waals surface area contributed by atoms with E-state index in [2.05, 4.69) is 5.32 Å². The van der Waals surface area contributed by atoms with Gasteiger partial charge in [-0.15, -0.1) is 0 Å². The van der Waals surface area contributed by atoms with Crippen LogP contribution in [-0.2, 0) is 10.2 Å². The van der Waals surface area contributed by atoms with E-state index >= 15 is 0 Å². The Morgan fingerprint density at radius 3 is 2.76 bits per heavy atom. The topological polar surface area (TPSA) is 58.6 Å². The van der Waals surface area contributed by atoms with E-state index in [1.807, 2.05) is 31.2 Å². The Morgan fingerprint density at radius 1 is 1.43 bits per heavy atom. The molecule has 116 valence electrons. The van der Waals surface area contributed by atoms with Gasteiger partial charge in [0.2, 0.25) is 5.91 Å². The second-order valence-corrected chi connectivity index (χ2v) is 5.91. The van der Waals surface area contributed by atoms with Gasteiger partial charge in [0.1, 0.15) is 5.75 Å². The number of aliphatic hydroxyl groups excluding tert-OH is 1. The summed E-state index contributed by atoms with van der Waals surface area (Å²) in [6.07, 6.45) is 4.47. The molecule has 0 radical (unpaired) electrons. The summed E-state index contributed by atoms with van der Waals surface area (Å²) < 4.78 is 5.29. The van der Waals surface area contributed by atoms with Gasteiger partial charge in [-0.1, -0.05) is 25.0 Å². The molecule has 1 aliphatic carbocycles. The number of hydrogen-bond donors (Lipinski definition) is 2. The Kier molecular flexibility index (Phi) is 5.23. The summed E-state index contributed by atoms with van der Waals surface area (Å²) in [5.74, 6) is 0.865. The maximum Gasteiger partial charge on any atom is 0.230 e. The highest BCUT2D eigenvalue weighted by molar-refractivity contribution is 5.89. The second-order valence-electron chi connectivity index (χ2n) is 5.91. The Hall–Kier alpha value is -1.55. The third kappa shape index (κ3) is 3.38. The molecule has 4 heteroatoms. The number of aliphatic hydroxyl groups is 1. The molecule has 4 nitrogen and oxygen atoms in total. The summed E-state index contributed by atoms with van der Waals surface area (Å²) in [5, 5.41) is 12.1. The first-order valence-corrected chi connectivity index (χ1v) is 7.69. The Balaban J connectivity index is 2.25. The smallest absolute Gasteiger partial charge is 0.230 e. The molecule has 1 atom stereocenters. The summed E-state index contributed by atoms with van der Waals surface area (Å²) in [6.45, 7) is 2.02. The molecular weight excluding hydrogens is 266 g/mol. The van der Waals surface area contributed by atoms with Crippen LogP contribution < -0.4 is 10.1 Å². The normalized spacial score (nSPS) is 18.2. The molecular formula is C17H25NO3. The molecule has 1 saturated carbocycles. The van der Waals surface area contributed by atoms with Gasteiger partial charge in [0.15, 0.2) is 0 Å². The molecule has 1 aliphatic rings. The van der Waals surface area contributed by atoms with E-state index in [4.69, 9.17) is 9.84 Å². The third-order valence-corrected chi connectivity index (χ3v) is 4.45. The van der Waals surface area contributed by atoms with Crippen molar-refractivity contribution in [1.82, 2.24) is 5.32 Å². The van der Waals surface area contributed by atoms with E-state index in [0.29, 0.717) is 6.42 Å².